The van der Waals surface area contributed by atoms with E-state index in [0.717, 1.165) is 0 Å². The second-order valence-electron chi connectivity index (χ2n) is 11.7. The van der Waals surface area contributed by atoms with Crippen LogP contribution in [0.25, 0.3) is 87.6 Å². The van der Waals surface area contributed by atoms with Crippen LogP contribution < -0.4 is 0 Å². The molecule has 0 radical (unpaired) electrons. The summed E-state index contributed by atoms with van der Waals surface area (Å²) in [6, 6.07) is 62.2. The van der Waals surface area contributed by atoms with Crippen LogP contribution in [-0.2, 0) is 0 Å². The Kier molecular flexibility index (Phi) is 5.61. The molecule has 0 aliphatic carbocycles. The summed E-state index contributed by atoms with van der Waals surface area (Å²) in [6.07, 6.45) is 0. The van der Waals surface area contributed by atoms with Crippen LogP contribution in [0, 0.1) is 0 Å². The standard InChI is InChI=1S/C44H28/c1-3-10-29(11-4-1)37-24-22-34-23-25-39-41(31-12-5-2-6-13-31)28-42(40-27-26-38(37)43(34)44(39)40)33-20-18-32(19-21-33)36-17-9-15-30-14-7-8-16-35(30)36/h1-28H. The van der Waals surface area contributed by atoms with Crippen molar-refractivity contribution in [2.24, 2.45) is 0 Å². The first-order valence-corrected chi connectivity index (χ1v) is 15.3. The normalized spacial score (nSPS) is 11.6. The average molecular weight is 557 g/mol. The van der Waals surface area contributed by atoms with Gasteiger partial charge in [0.1, 0.15) is 0 Å². The first-order chi connectivity index (χ1) is 21.8. The van der Waals surface area contributed by atoms with E-state index in [1.165, 1.54) is 87.6 Å². The van der Waals surface area contributed by atoms with Gasteiger partial charge < -0.3 is 0 Å². The molecule has 0 nitrogen and oxygen atoms in total. The quantitative estimate of drug-likeness (QED) is 0.189. The smallest absolute Gasteiger partial charge is 0.00141 e. The van der Waals surface area contributed by atoms with Gasteiger partial charge in [0, 0.05) is 0 Å². The number of fused-ring (bicyclic) bond motifs is 1. The van der Waals surface area contributed by atoms with Gasteiger partial charge in [-0.15, -0.1) is 0 Å². The molecule has 9 rings (SSSR count). The van der Waals surface area contributed by atoms with Crippen LogP contribution in [0.5, 0.6) is 0 Å². The Balaban J connectivity index is 1.31. The molecule has 204 valence electrons. The third-order valence-electron chi connectivity index (χ3n) is 9.25. The highest BCUT2D eigenvalue weighted by Gasteiger charge is 2.18. The van der Waals surface area contributed by atoms with E-state index in [2.05, 4.69) is 170 Å². The molecule has 44 heavy (non-hydrogen) atoms. The summed E-state index contributed by atoms with van der Waals surface area (Å²) in [5.41, 5.74) is 10.0. The molecule has 0 heteroatoms. The predicted octanol–water partition coefficient (Wildman–Crippen LogP) is 12.4. The number of hydrogen-bond donors (Lipinski definition) is 0. The lowest BCUT2D eigenvalue weighted by atomic mass is 9.84. The molecular formula is C44H28. The number of hydrogen-bond acceptors (Lipinski definition) is 0. The van der Waals surface area contributed by atoms with Gasteiger partial charge >= 0.3 is 0 Å². The molecule has 0 amide bonds. The molecule has 0 saturated carbocycles. The van der Waals surface area contributed by atoms with Crippen molar-refractivity contribution in [2.45, 2.75) is 0 Å². The van der Waals surface area contributed by atoms with Crippen molar-refractivity contribution in [3.8, 4) is 44.5 Å². The van der Waals surface area contributed by atoms with Crippen molar-refractivity contribution >= 4 is 43.1 Å². The number of benzene rings is 9. The average Bonchev–Trinajstić information content (AvgIpc) is 3.11. The molecule has 9 aromatic rings. The van der Waals surface area contributed by atoms with Gasteiger partial charge in [0.05, 0.1) is 0 Å². The van der Waals surface area contributed by atoms with Crippen molar-refractivity contribution in [3.63, 3.8) is 0 Å². The minimum Gasteiger partial charge on any atom is -0.0622 e. The van der Waals surface area contributed by atoms with Crippen LogP contribution in [0.3, 0.4) is 0 Å². The summed E-state index contributed by atoms with van der Waals surface area (Å²) < 4.78 is 0. The summed E-state index contributed by atoms with van der Waals surface area (Å²) in [7, 11) is 0. The summed E-state index contributed by atoms with van der Waals surface area (Å²) >= 11 is 0. The molecule has 0 N–H and O–H groups in total. The second-order valence-corrected chi connectivity index (χ2v) is 11.7. The van der Waals surface area contributed by atoms with E-state index < -0.39 is 0 Å². The molecule has 0 fully saturated rings. The molecule has 9 aromatic carbocycles. The molecule has 0 spiro atoms. The maximum absolute atomic E-state index is 2.40. The minimum atomic E-state index is 1.23. The maximum atomic E-state index is 2.40. The highest BCUT2D eigenvalue weighted by atomic mass is 14.2. The maximum Gasteiger partial charge on any atom is -0.00141 e. The SMILES string of the molecule is c1ccc(-c2ccc3ccc4c(-c5ccccc5)cc(-c5ccc(-c6cccc7ccccc67)cc5)c5ccc2c3c45)cc1. The largest absolute Gasteiger partial charge is 0.0622 e. The molecule has 0 heterocycles. The third-order valence-corrected chi connectivity index (χ3v) is 9.25. The molecule has 0 aliphatic rings. The van der Waals surface area contributed by atoms with Crippen molar-refractivity contribution < 1.29 is 0 Å². The lowest BCUT2D eigenvalue weighted by Gasteiger charge is -2.19. The van der Waals surface area contributed by atoms with E-state index in [0.29, 0.717) is 0 Å². The number of rotatable bonds is 4. The molecular weight excluding hydrogens is 528 g/mol. The van der Waals surface area contributed by atoms with Gasteiger partial charge in [-0.05, 0) is 93.7 Å². The fourth-order valence-corrected chi connectivity index (χ4v) is 7.17. The molecule has 0 atom stereocenters. The third kappa shape index (κ3) is 3.85. The molecule has 0 bridgehead atoms. The monoisotopic (exact) mass is 556 g/mol. The van der Waals surface area contributed by atoms with E-state index in [1.54, 1.807) is 0 Å². The van der Waals surface area contributed by atoms with Crippen molar-refractivity contribution in [2.75, 3.05) is 0 Å². The van der Waals surface area contributed by atoms with E-state index in [-0.39, 0.29) is 0 Å². The van der Waals surface area contributed by atoms with Crippen LogP contribution in [-0.4, -0.2) is 0 Å². The Morgan fingerprint density at radius 1 is 0.227 bits per heavy atom. The zero-order chi connectivity index (χ0) is 29.0. The Bertz CT molecular complexity index is 2450. The predicted molar refractivity (Wildman–Crippen MR) is 189 cm³/mol. The summed E-state index contributed by atoms with van der Waals surface area (Å²) in [6.45, 7) is 0. The van der Waals surface area contributed by atoms with Crippen LogP contribution in [0.15, 0.2) is 170 Å². The van der Waals surface area contributed by atoms with Crippen molar-refractivity contribution in [1.82, 2.24) is 0 Å². The topological polar surface area (TPSA) is 0 Å². The lowest BCUT2D eigenvalue weighted by Crippen LogP contribution is -1.92. The van der Waals surface area contributed by atoms with E-state index in [1.807, 2.05) is 0 Å². The van der Waals surface area contributed by atoms with Crippen molar-refractivity contribution in [1.29, 1.82) is 0 Å². The van der Waals surface area contributed by atoms with Gasteiger partial charge in [-0.3, -0.25) is 0 Å². The summed E-state index contributed by atoms with van der Waals surface area (Å²) in [5.74, 6) is 0. The van der Waals surface area contributed by atoms with Gasteiger partial charge in [0.15, 0.2) is 0 Å². The molecule has 0 unspecified atom stereocenters. The van der Waals surface area contributed by atoms with E-state index in [9.17, 15) is 0 Å². The van der Waals surface area contributed by atoms with Crippen molar-refractivity contribution in [3.05, 3.63) is 170 Å². The van der Waals surface area contributed by atoms with E-state index >= 15 is 0 Å². The first-order valence-electron chi connectivity index (χ1n) is 15.3. The Morgan fingerprint density at radius 3 is 1.41 bits per heavy atom. The molecule has 0 saturated heterocycles. The fourth-order valence-electron chi connectivity index (χ4n) is 7.17. The lowest BCUT2D eigenvalue weighted by molar-refractivity contribution is 1.62. The van der Waals surface area contributed by atoms with Gasteiger partial charge in [0.2, 0.25) is 0 Å². The molecule has 0 aromatic heterocycles. The van der Waals surface area contributed by atoms with Gasteiger partial charge in [-0.1, -0.05) is 164 Å². The Labute approximate surface area is 256 Å². The van der Waals surface area contributed by atoms with Gasteiger partial charge in [-0.2, -0.15) is 0 Å². The zero-order valence-electron chi connectivity index (χ0n) is 24.2. The zero-order valence-corrected chi connectivity index (χ0v) is 24.2. The fraction of sp³-hybridized carbons (Fsp3) is 0. The Morgan fingerprint density at radius 2 is 0.705 bits per heavy atom. The Hall–Kier alpha value is -5.72. The van der Waals surface area contributed by atoms with Crippen LogP contribution in [0.4, 0.5) is 0 Å². The summed E-state index contributed by atoms with van der Waals surface area (Å²) in [4.78, 5) is 0. The summed E-state index contributed by atoms with van der Waals surface area (Å²) in [5, 5.41) is 10.4. The first kappa shape index (κ1) is 24.8. The second kappa shape index (κ2) is 9.93. The van der Waals surface area contributed by atoms with E-state index in [4.69, 9.17) is 0 Å². The van der Waals surface area contributed by atoms with Crippen LogP contribution >= 0.6 is 0 Å². The highest BCUT2D eigenvalue weighted by Crippen LogP contribution is 2.46. The van der Waals surface area contributed by atoms with Crippen LogP contribution in [0.2, 0.25) is 0 Å². The van der Waals surface area contributed by atoms with Gasteiger partial charge in [-0.25, -0.2) is 0 Å². The van der Waals surface area contributed by atoms with Gasteiger partial charge in [0.25, 0.3) is 0 Å². The highest BCUT2D eigenvalue weighted by molar-refractivity contribution is 6.30. The minimum absolute atomic E-state index is 1.23. The molecule has 0 aliphatic heterocycles. The van der Waals surface area contributed by atoms with Crippen LogP contribution in [0.1, 0.15) is 0 Å².